The van der Waals surface area contributed by atoms with Gasteiger partial charge in [0.15, 0.2) is 11.6 Å². The molecule has 0 radical (unpaired) electrons. The second-order valence-electron chi connectivity index (χ2n) is 9.80. The molecule has 2 aromatic rings. The van der Waals surface area contributed by atoms with Crippen molar-refractivity contribution in [3.05, 3.63) is 35.8 Å². The number of aromatic nitrogens is 2. The lowest BCUT2D eigenvalue weighted by Gasteiger charge is -2.31. The molecular weight excluding hydrogens is 439 g/mol. The van der Waals surface area contributed by atoms with Gasteiger partial charge in [-0.3, -0.25) is 9.59 Å². The number of pyridine rings is 2. The first-order valence-electron chi connectivity index (χ1n) is 11.1. The number of nitrogens with two attached hydrogens (primary N) is 1. The number of carbonyl (C=O) groups excluding carboxylic acids is 2. The van der Waals surface area contributed by atoms with Crippen LogP contribution in [0.2, 0.25) is 0 Å². The molecule has 0 aliphatic carbocycles. The van der Waals surface area contributed by atoms with Crippen LogP contribution in [-0.2, 0) is 4.79 Å². The van der Waals surface area contributed by atoms with E-state index < -0.39 is 11.7 Å². The molecule has 0 saturated heterocycles. The highest BCUT2D eigenvalue weighted by Gasteiger charge is 2.26. The number of hydrogen-bond acceptors (Lipinski definition) is 7. The van der Waals surface area contributed by atoms with Gasteiger partial charge in [0.1, 0.15) is 5.82 Å². The molecule has 0 fully saturated rings. The lowest BCUT2D eigenvalue weighted by Crippen LogP contribution is -2.48. The van der Waals surface area contributed by atoms with Crippen molar-refractivity contribution >= 4 is 29.1 Å². The summed E-state index contributed by atoms with van der Waals surface area (Å²) in [6, 6.07) is 3.65. The molecule has 2 heterocycles. The number of ether oxygens (including phenoxy) is 1. The van der Waals surface area contributed by atoms with Crippen molar-refractivity contribution in [2.24, 2.45) is 17.1 Å². The molecule has 0 unspecified atom stereocenters. The highest BCUT2D eigenvalue weighted by atomic mass is 19.1. The summed E-state index contributed by atoms with van der Waals surface area (Å²) in [7, 11) is 1.48. The summed E-state index contributed by atoms with van der Waals surface area (Å²) in [6.07, 6.45) is 1.88. The van der Waals surface area contributed by atoms with Crippen LogP contribution in [0.25, 0.3) is 0 Å². The third-order valence-electron chi connectivity index (χ3n) is 5.09. The minimum atomic E-state index is -0.829. The average molecular weight is 475 g/mol. The molecule has 0 spiro atoms. The molecule has 2 atom stereocenters. The fourth-order valence-electron chi connectivity index (χ4n) is 3.51. The number of primary amides is 1. The molecule has 2 aromatic heterocycles. The van der Waals surface area contributed by atoms with Gasteiger partial charge in [-0.15, -0.1) is 0 Å². The van der Waals surface area contributed by atoms with Gasteiger partial charge in [0, 0.05) is 36.5 Å². The van der Waals surface area contributed by atoms with Crippen molar-refractivity contribution in [2.45, 2.75) is 60.0 Å². The number of halogens is 1. The number of nitrogens with one attached hydrogen (secondary N) is 3. The SMILES string of the molecule is COc1cc(Nc2nc(N[C@H](C(C)C)[C@H](C)NC(=O)CC(C)(C)C)c(F)cc2C(N)=O)ccn1. The molecule has 0 bridgehead atoms. The number of methoxy groups -OCH3 is 1. The van der Waals surface area contributed by atoms with E-state index in [0.717, 1.165) is 6.07 Å². The summed E-state index contributed by atoms with van der Waals surface area (Å²) < 4.78 is 20.1. The third-order valence-corrected chi connectivity index (χ3v) is 5.09. The Labute approximate surface area is 200 Å². The monoisotopic (exact) mass is 474 g/mol. The van der Waals surface area contributed by atoms with E-state index >= 15 is 0 Å². The fourth-order valence-corrected chi connectivity index (χ4v) is 3.51. The maximum atomic E-state index is 14.9. The van der Waals surface area contributed by atoms with Gasteiger partial charge < -0.3 is 26.4 Å². The van der Waals surface area contributed by atoms with Crippen molar-refractivity contribution in [3.8, 4) is 5.88 Å². The molecule has 0 aliphatic heterocycles. The fraction of sp³-hybridized carbons (Fsp3) is 0.500. The summed E-state index contributed by atoms with van der Waals surface area (Å²) in [5.74, 6) is -1.25. The molecule has 5 N–H and O–H groups in total. The standard InChI is InChI=1S/C24H35FN6O3/c1-13(2)20(14(3)28-18(32)12-24(4,5)6)30-23-17(25)11-16(21(26)33)22(31-23)29-15-8-9-27-19(10-15)34-7/h8-11,13-14,20H,12H2,1-7H3,(H2,26,33)(H,28,32)(H2,27,29,30,31)/t14-,20+/m0/s1. The van der Waals surface area contributed by atoms with Crippen molar-refractivity contribution in [3.63, 3.8) is 0 Å². The van der Waals surface area contributed by atoms with Crippen LogP contribution >= 0.6 is 0 Å². The zero-order chi connectivity index (χ0) is 25.6. The number of amides is 2. The largest absolute Gasteiger partial charge is 0.481 e. The zero-order valence-corrected chi connectivity index (χ0v) is 20.8. The van der Waals surface area contributed by atoms with E-state index in [2.05, 4.69) is 25.9 Å². The predicted octanol–water partition coefficient (Wildman–Crippen LogP) is 3.84. The van der Waals surface area contributed by atoms with Gasteiger partial charge in [0.2, 0.25) is 11.8 Å². The number of rotatable bonds is 10. The topological polar surface area (TPSA) is 131 Å². The van der Waals surface area contributed by atoms with E-state index in [4.69, 9.17) is 10.5 Å². The van der Waals surface area contributed by atoms with Crippen LogP contribution in [0.1, 0.15) is 58.3 Å². The number of carbonyl (C=O) groups is 2. The van der Waals surface area contributed by atoms with Gasteiger partial charge in [0.05, 0.1) is 12.7 Å². The predicted molar refractivity (Wildman–Crippen MR) is 131 cm³/mol. The molecule has 0 aliphatic rings. The zero-order valence-electron chi connectivity index (χ0n) is 20.8. The summed E-state index contributed by atoms with van der Waals surface area (Å²) >= 11 is 0. The van der Waals surface area contributed by atoms with E-state index in [-0.39, 0.29) is 46.5 Å². The summed E-state index contributed by atoms with van der Waals surface area (Å²) in [5.41, 5.74) is 5.73. The lowest BCUT2D eigenvalue weighted by molar-refractivity contribution is -0.123. The van der Waals surface area contributed by atoms with Crippen LogP contribution in [0, 0.1) is 17.2 Å². The number of hydrogen-bond donors (Lipinski definition) is 4. The first-order valence-corrected chi connectivity index (χ1v) is 11.1. The van der Waals surface area contributed by atoms with Crippen LogP contribution in [0.4, 0.5) is 21.7 Å². The Morgan fingerprint density at radius 1 is 1.18 bits per heavy atom. The highest BCUT2D eigenvalue weighted by molar-refractivity contribution is 5.98. The first-order chi connectivity index (χ1) is 15.8. The Bertz CT molecular complexity index is 1020. The second kappa shape index (κ2) is 11.1. The van der Waals surface area contributed by atoms with Gasteiger partial charge in [-0.2, -0.15) is 0 Å². The molecular formula is C24H35FN6O3. The van der Waals surface area contributed by atoms with Gasteiger partial charge in [0.25, 0.3) is 5.91 Å². The number of nitrogens with zero attached hydrogens (tertiary/aromatic N) is 2. The van der Waals surface area contributed by atoms with E-state index in [0.29, 0.717) is 18.0 Å². The normalized spacial score (nSPS) is 13.2. The van der Waals surface area contributed by atoms with Crippen molar-refractivity contribution < 1.29 is 18.7 Å². The molecule has 0 saturated carbocycles. The molecule has 9 nitrogen and oxygen atoms in total. The van der Waals surface area contributed by atoms with Crippen LogP contribution < -0.4 is 26.4 Å². The minimum absolute atomic E-state index is 0.0304. The molecule has 34 heavy (non-hydrogen) atoms. The van der Waals surface area contributed by atoms with Crippen molar-refractivity contribution in [2.75, 3.05) is 17.7 Å². The molecule has 10 heteroatoms. The smallest absolute Gasteiger partial charge is 0.252 e. The Morgan fingerprint density at radius 3 is 2.41 bits per heavy atom. The van der Waals surface area contributed by atoms with Gasteiger partial charge in [-0.1, -0.05) is 34.6 Å². The van der Waals surface area contributed by atoms with Crippen LogP contribution in [-0.4, -0.2) is 41.0 Å². The number of anilines is 3. The summed E-state index contributed by atoms with van der Waals surface area (Å²) in [6.45, 7) is 11.7. The van der Waals surface area contributed by atoms with Crippen molar-refractivity contribution in [1.29, 1.82) is 0 Å². The van der Waals surface area contributed by atoms with Gasteiger partial charge in [-0.05, 0) is 30.4 Å². The highest BCUT2D eigenvalue weighted by Crippen LogP contribution is 2.26. The Balaban J connectivity index is 2.34. The molecule has 0 aromatic carbocycles. The lowest BCUT2D eigenvalue weighted by atomic mass is 9.91. The average Bonchev–Trinajstić information content (AvgIpc) is 2.71. The Hall–Kier alpha value is -3.43. The van der Waals surface area contributed by atoms with E-state index in [9.17, 15) is 14.0 Å². The van der Waals surface area contributed by atoms with Gasteiger partial charge in [-0.25, -0.2) is 14.4 Å². The first kappa shape index (κ1) is 26.8. The molecule has 2 amide bonds. The minimum Gasteiger partial charge on any atom is -0.481 e. The van der Waals surface area contributed by atoms with E-state index in [1.165, 1.54) is 13.3 Å². The second-order valence-corrected chi connectivity index (χ2v) is 9.80. The summed E-state index contributed by atoms with van der Waals surface area (Å²) in [4.78, 5) is 32.7. The quantitative estimate of drug-likeness (QED) is 0.411. The van der Waals surface area contributed by atoms with E-state index in [1.807, 2.05) is 41.5 Å². The van der Waals surface area contributed by atoms with Gasteiger partial charge >= 0.3 is 0 Å². The maximum absolute atomic E-state index is 14.9. The van der Waals surface area contributed by atoms with E-state index in [1.54, 1.807) is 12.1 Å². The van der Waals surface area contributed by atoms with Crippen LogP contribution in [0.5, 0.6) is 5.88 Å². The summed E-state index contributed by atoms with van der Waals surface area (Å²) in [5, 5.41) is 9.07. The van der Waals surface area contributed by atoms with Crippen molar-refractivity contribution in [1.82, 2.24) is 15.3 Å². The Kier molecular flexibility index (Phi) is 8.78. The maximum Gasteiger partial charge on any atom is 0.252 e. The molecule has 2 rings (SSSR count). The van der Waals surface area contributed by atoms with Crippen LogP contribution in [0.3, 0.4) is 0 Å². The third kappa shape index (κ3) is 7.57. The van der Waals surface area contributed by atoms with Crippen LogP contribution in [0.15, 0.2) is 24.4 Å². The Morgan fingerprint density at radius 2 is 1.85 bits per heavy atom. The molecule has 186 valence electrons.